The van der Waals surface area contributed by atoms with Gasteiger partial charge in [0.2, 0.25) is 5.69 Å². The van der Waals surface area contributed by atoms with Gasteiger partial charge in [-0.05, 0) is 34.5 Å². The van der Waals surface area contributed by atoms with E-state index in [9.17, 15) is 0 Å². The predicted octanol–water partition coefficient (Wildman–Crippen LogP) is 3.72. The zero-order valence-corrected chi connectivity index (χ0v) is 12.8. The summed E-state index contributed by atoms with van der Waals surface area (Å²) >= 11 is 5.13. The van der Waals surface area contributed by atoms with Crippen LogP contribution in [0.4, 0.5) is 11.5 Å². The molecule has 0 amide bonds. The molecule has 1 aliphatic rings. The molecule has 96 valence electrons. The highest BCUT2D eigenvalue weighted by atomic mass is 79.9. The van der Waals surface area contributed by atoms with Crippen molar-refractivity contribution in [2.45, 2.75) is 19.9 Å². The lowest BCUT2D eigenvalue weighted by Gasteiger charge is -2.28. The minimum atomic E-state index is 0.597. The van der Waals surface area contributed by atoms with Gasteiger partial charge in [-0.2, -0.15) is 0 Å². The summed E-state index contributed by atoms with van der Waals surface area (Å²) in [4.78, 5) is 15.9. The van der Waals surface area contributed by atoms with E-state index in [2.05, 4.69) is 35.6 Å². The molecule has 2 aromatic rings. The summed E-state index contributed by atoms with van der Waals surface area (Å²) in [6, 6.07) is 1.90. The number of thiazole rings is 1. The number of rotatable bonds is 1. The average Bonchev–Trinajstić information content (AvgIpc) is 2.77. The minimum Gasteiger partial charge on any atom is -0.351 e. The van der Waals surface area contributed by atoms with Gasteiger partial charge in [-0.3, -0.25) is 4.98 Å². The van der Waals surface area contributed by atoms with Crippen LogP contribution in [0.5, 0.6) is 0 Å². The van der Waals surface area contributed by atoms with Crippen molar-refractivity contribution in [1.82, 2.24) is 9.97 Å². The Morgan fingerprint density at radius 2 is 2.37 bits per heavy atom. The Hall–Kier alpha value is -1.45. The molecule has 0 aromatic carbocycles. The van der Waals surface area contributed by atoms with Crippen molar-refractivity contribution in [2.24, 2.45) is 0 Å². The fourth-order valence-corrected chi connectivity index (χ4v) is 3.93. The standard InChI is InChI=1S/C13H11BrN4S/c1-8-5-9(15-2)6-16-12(8)18-4-3-10-11(7-18)19-13(14)17-10/h5-6H,3-4,7H2,1H3. The highest BCUT2D eigenvalue weighted by molar-refractivity contribution is 9.11. The lowest BCUT2D eigenvalue weighted by molar-refractivity contribution is 0.716. The Kier molecular flexibility index (Phi) is 3.25. The van der Waals surface area contributed by atoms with Crippen LogP contribution in [0, 0.1) is 13.5 Å². The molecular weight excluding hydrogens is 324 g/mol. The third-order valence-electron chi connectivity index (χ3n) is 3.17. The normalized spacial score (nSPS) is 14.1. The first-order valence-electron chi connectivity index (χ1n) is 5.90. The second-order valence-electron chi connectivity index (χ2n) is 4.45. The molecule has 0 unspecified atom stereocenters. The maximum absolute atomic E-state index is 7.01. The summed E-state index contributed by atoms with van der Waals surface area (Å²) in [5.74, 6) is 0.975. The Labute approximate surface area is 124 Å². The lowest BCUT2D eigenvalue weighted by Crippen LogP contribution is -2.30. The molecular formula is C13H11BrN4S. The molecule has 0 N–H and O–H groups in total. The van der Waals surface area contributed by atoms with E-state index in [0.717, 1.165) is 34.8 Å². The predicted molar refractivity (Wildman–Crippen MR) is 79.8 cm³/mol. The van der Waals surface area contributed by atoms with Crippen molar-refractivity contribution in [3.05, 3.63) is 43.7 Å². The molecule has 0 aliphatic carbocycles. The number of hydrogen-bond acceptors (Lipinski definition) is 4. The maximum atomic E-state index is 7.01. The van der Waals surface area contributed by atoms with Crippen LogP contribution in [0.25, 0.3) is 4.85 Å². The summed E-state index contributed by atoms with van der Waals surface area (Å²) in [7, 11) is 0. The molecule has 0 radical (unpaired) electrons. The molecule has 1 aliphatic heterocycles. The number of nitrogens with zero attached hydrogens (tertiary/aromatic N) is 4. The van der Waals surface area contributed by atoms with Crippen LogP contribution in [-0.4, -0.2) is 16.5 Å². The van der Waals surface area contributed by atoms with E-state index >= 15 is 0 Å². The van der Waals surface area contributed by atoms with Crippen molar-refractivity contribution in [1.29, 1.82) is 0 Å². The van der Waals surface area contributed by atoms with Gasteiger partial charge in [-0.25, -0.2) is 9.83 Å². The fraction of sp³-hybridized carbons (Fsp3) is 0.308. The Morgan fingerprint density at radius 3 is 3.11 bits per heavy atom. The Morgan fingerprint density at radius 1 is 1.53 bits per heavy atom. The van der Waals surface area contributed by atoms with Crippen LogP contribution in [0.1, 0.15) is 16.1 Å². The second-order valence-corrected chi connectivity index (χ2v) is 6.81. The largest absolute Gasteiger partial charge is 0.351 e. The first kappa shape index (κ1) is 12.6. The van der Waals surface area contributed by atoms with Gasteiger partial charge in [-0.1, -0.05) is 0 Å². The lowest BCUT2D eigenvalue weighted by atomic mass is 10.1. The zero-order chi connectivity index (χ0) is 13.4. The van der Waals surface area contributed by atoms with Gasteiger partial charge < -0.3 is 4.90 Å². The summed E-state index contributed by atoms with van der Waals surface area (Å²) < 4.78 is 0.951. The van der Waals surface area contributed by atoms with E-state index in [1.54, 1.807) is 17.5 Å². The van der Waals surface area contributed by atoms with Crippen molar-refractivity contribution < 1.29 is 0 Å². The van der Waals surface area contributed by atoms with Crippen molar-refractivity contribution in [3.8, 4) is 0 Å². The van der Waals surface area contributed by atoms with Gasteiger partial charge in [0.1, 0.15) is 5.82 Å². The SMILES string of the molecule is [C-]#[N+]c1cnc(N2CCc3nc(Br)sc3C2)c(C)c1. The molecule has 3 rings (SSSR count). The Bertz CT molecular complexity index is 674. The quantitative estimate of drug-likeness (QED) is 0.745. The smallest absolute Gasteiger partial charge is 0.205 e. The van der Waals surface area contributed by atoms with Gasteiger partial charge in [0.05, 0.1) is 18.8 Å². The topological polar surface area (TPSA) is 33.4 Å². The van der Waals surface area contributed by atoms with E-state index in [4.69, 9.17) is 6.57 Å². The first-order chi connectivity index (χ1) is 9.17. The molecule has 4 nitrogen and oxygen atoms in total. The molecule has 0 spiro atoms. The third kappa shape index (κ3) is 2.36. The summed E-state index contributed by atoms with van der Waals surface area (Å²) in [5.41, 5.74) is 2.85. The van der Waals surface area contributed by atoms with Crippen molar-refractivity contribution in [3.63, 3.8) is 0 Å². The number of pyridine rings is 1. The summed E-state index contributed by atoms with van der Waals surface area (Å²) in [5, 5.41) is 0. The summed E-state index contributed by atoms with van der Waals surface area (Å²) in [6.07, 6.45) is 2.59. The monoisotopic (exact) mass is 334 g/mol. The van der Waals surface area contributed by atoms with E-state index in [-0.39, 0.29) is 0 Å². The minimum absolute atomic E-state index is 0.597. The Balaban J connectivity index is 1.91. The fourth-order valence-electron chi connectivity index (χ4n) is 2.29. The molecule has 0 saturated carbocycles. The van der Waals surface area contributed by atoms with Crippen LogP contribution in [-0.2, 0) is 13.0 Å². The number of hydrogen-bond donors (Lipinski definition) is 0. The molecule has 19 heavy (non-hydrogen) atoms. The molecule has 0 bridgehead atoms. The van der Waals surface area contributed by atoms with Gasteiger partial charge in [-0.15, -0.1) is 11.3 Å². The zero-order valence-electron chi connectivity index (χ0n) is 10.4. The summed E-state index contributed by atoms with van der Waals surface area (Å²) in [6.45, 7) is 10.8. The van der Waals surface area contributed by atoms with E-state index in [1.807, 2.05) is 13.0 Å². The van der Waals surface area contributed by atoms with E-state index in [0.29, 0.717) is 5.69 Å². The molecule has 3 heterocycles. The van der Waals surface area contributed by atoms with Gasteiger partial charge in [0.25, 0.3) is 0 Å². The average molecular weight is 335 g/mol. The van der Waals surface area contributed by atoms with Crippen molar-refractivity contribution >= 4 is 38.8 Å². The van der Waals surface area contributed by atoms with Crippen LogP contribution >= 0.6 is 27.3 Å². The molecule has 2 aromatic heterocycles. The van der Waals surface area contributed by atoms with Crippen LogP contribution < -0.4 is 4.90 Å². The number of anilines is 1. The second kappa shape index (κ2) is 4.91. The molecule has 6 heteroatoms. The molecule has 0 fully saturated rings. The van der Waals surface area contributed by atoms with E-state index in [1.165, 1.54) is 10.6 Å². The first-order valence-corrected chi connectivity index (χ1v) is 7.51. The molecule has 0 atom stereocenters. The van der Waals surface area contributed by atoms with Gasteiger partial charge in [0, 0.05) is 24.0 Å². The number of halogens is 1. The maximum Gasteiger partial charge on any atom is 0.205 e. The molecule has 0 saturated heterocycles. The number of fused-ring (bicyclic) bond motifs is 1. The highest BCUT2D eigenvalue weighted by Gasteiger charge is 2.22. The van der Waals surface area contributed by atoms with Crippen LogP contribution in [0.2, 0.25) is 0 Å². The van der Waals surface area contributed by atoms with Gasteiger partial charge >= 0.3 is 0 Å². The van der Waals surface area contributed by atoms with E-state index < -0.39 is 0 Å². The highest BCUT2D eigenvalue weighted by Crippen LogP contribution is 2.31. The third-order valence-corrected chi connectivity index (χ3v) is 4.70. The number of aryl methyl sites for hydroxylation is 1. The van der Waals surface area contributed by atoms with Crippen molar-refractivity contribution in [2.75, 3.05) is 11.4 Å². The number of aromatic nitrogens is 2. The van der Waals surface area contributed by atoms with Crippen LogP contribution in [0.3, 0.4) is 0 Å². The van der Waals surface area contributed by atoms with Crippen LogP contribution in [0.15, 0.2) is 16.2 Å². The van der Waals surface area contributed by atoms with Gasteiger partial charge in [0.15, 0.2) is 3.92 Å².